The van der Waals surface area contributed by atoms with Crippen LogP contribution in [0.3, 0.4) is 0 Å². The Balaban J connectivity index is 2.11. The number of carbonyl (C=O) groups is 2. The summed E-state index contributed by atoms with van der Waals surface area (Å²) in [7, 11) is 0. The van der Waals surface area contributed by atoms with Gasteiger partial charge in [0.05, 0.1) is 5.92 Å². The van der Waals surface area contributed by atoms with Gasteiger partial charge in [0.1, 0.15) is 0 Å². The summed E-state index contributed by atoms with van der Waals surface area (Å²) in [6.45, 7) is 0.966. The summed E-state index contributed by atoms with van der Waals surface area (Å²) in [6.07, 6.45) is 1.41. The number of rotatable bonds is 2. The smallest absolute Gasteiger partial charge is 0.308 e. The Morgan fingerprint density at radius 3 is 2.83 bits per heavy atom. The van der Waals surface area contributed by atoms with E-state index in [9.17, 15) is 9.59 Å². The lowest BCUT2D eigenvalue weighted by molar-refractivity contribution is -0.143. The van der Waals surface area contributed by atoms with Crippen molar-refractivity contribution in [3.05, 3.63) is 33.4 Å². The molecule has 0 saturated carbocycles. The number of hydrogen-bond donors (Lipinski definition) is 1. The lowest BCUT2D eigenvalue weighted by Crippen LogP contribution is -2.42. The third-order valence-electron chi connectivity index (χ3n) is 3.13. The fourth-order valence-electron chi connectivity index (χ4n) is 2.17. The second kappa shape index (κ2) is 5.69. The van der Waals surface area contributed by atoms with E-state index in [1.165, 1.54) is 0 Å². The Hall–Kier alpha value is -1.11. The van der Waals surface area contributed by atoms with E-state index in [2.05, 4.69) is 22.6 Å². The second-order valence-electron chi connectivity index (χ2n) is 4.44. The van der Waals surface area contributed by atoms with Crippen molar-refractivity contribution in [2.75, 3.05) is 13.1 Å². The van der Waals surface area contributed by atoms with Crippen LogP contribution in [0, 0.1) is 9.49 Å². The highest BCUT2D eigenvalue weighted by molar-refractivity contribution is 14.1. The minimum absolute atomic E-state index is 0.0699. The molecule has 1 amide bonds. The number of carboxylic acid groups (broad SMARTS) is 1. The molecule has 1 heterocycles. The molecule has 1 saturated heterocycles. The van der Waals surface area contributed by atoms with Crippen LogP contribution < -0.4 is 0 Å². The number of aliphatic carboxylic acids is 1. The molecule has 1 aromatic carbocycles. The van der Waals surface area contributed by atoms with Gasteiger partial charge in [0.25, 0.3) is 5.91 Å². The highest BCUT2D eigenvalue weighted by Gasteiger charge is 2.28. The van der Waals surface area contributed by atoms with Gasteiger partial charge in [-0.15, -0.1) is 0 Å². The zero-order valence-corrected chi connectivity index (χ0v) is 12.0. The zero-order chi connectivity index (χ0) is 13.1. The average Bonchev–Trinajstić information content (AvgIpc) is 2.38. The highest BCUT2D eigenvalue weighted by Crippen LogP contribution is 2.19. The summed E-state index contributed by atoms with van der Waals surface area (Å²) in [6, 6.07) is 7.36. The van der Waals surface area contributed by atoms with Crippen LogP contribution >= 0.6 is 22.6 Å². The summed E-state index contributed by atoms with van der Waals surface area (Å²) in [5, 5.41) is 9.01. The van der Waals surface area contributed by atoms with E-state index < -0.39 is 11.9 Å². The first-order valence-electron chi connectivity index (χ1n) is 5.85. The summed E-state index contributed by atoms with van der Waals surface area (Å²) in [5.74, 6) is -1.31. The van der Waals surface area contributed by atoms with Crippen molar-refractivity contribution in [3.63, 3.8) is 0 Å². The van der Waals surface area contributed by atoms with Crippen molar-refractivity contribution in [1.29, 1.82) is 0 Å². The van der Waals surface area contributed by atoms with Gasteiger partial charge in [-0.2, -0.15) is 0 Å². The minimum atomic E-state index is -0.810. The van der Waals surface area contributed by atoms with E-state index in [0.29, 0.717) is 25.1 Å². The fourth-order valence-corrected chi connectivity index (χ4v) is 2.71. The van der Waals surface area contributed by atoms with E-state index in [4.69, 9.17) is 5.11 Å². The number of likely N-dealkylation sites (tertiary alicyclic amines) is 1. The molecule has 1 aliphatic rings. The largest absolute Gasteiger partial charge is 0.481 e. The summed E-state index contributed by atoms with van der Waals surface area (Å²) in [4.78, 5) is 24.9. The number of piperidine rings is 1. The van der Waals surface area contributed by atoms with E-state index in [0.717, 1.165) is 9.99 Å². The highest BCUT2D eigenvalue weighted by atomic mass is 127. The van der Waals surface area contributed by atoms with Gasteiger partial charge in [-0.25, -0.2) is 0 Å². The van der Waals surface area contributed by atoms with Gasteiger partial charge < -0.3 is 10.0 Å². The first kappa shape index (κ1) is 13.3. The quantitative estimate of drug-likeness (QED) is 0.824. The first-order chi connectivity index (χ1) is 8.58. The monoisotopic (exact) mass is 359 g/mol. The summed E-state index contributed by atoms with van der Waals surface area (Å²) < 4.78 is 1.00. The van der Waals surface area contributed by atoms with Crippen LogP contribution in [0.15, 0.2) is 24.3 Å². The number of nitrogens with zero attached hydrogens (tertiary/aromatic N) is 1. The molecule has 1 unspecified atom stereocenters. The SMILES string of the molecule is O=C(O)C1CCCN(C(=O)c2cccc(I)c2)C1. The van der Waals surface area contributed by atoms with Crippen LogP contribution in [-0.4, -0.2) is 35.0 Å². The molecule has 0 aliphatic carbocycles. The maximum absolute atomic E-state index is 12.2. The van der Waals surface area contributed by atoms with Crippen molar-refractivity contribution in [2.24, 2.45) is 5.92 Å². The van der Waals surface area contributed by atoms with Gasteiger partial charge in [0, 0.05) is 22.2 Å². The van der Waals surface area contributed by atoms with Gasteiger partial charge in [-0.05, 0) is 53.6 Å². The molecule has 0 aromatic heterocycles. The molecule has 1 fully saturated rings. The lowest BCUT2D eigenvalue weighted by atomic mass is 9.97. The molecule has 0 bridgehead atoms. The van der Waals surface area contributed by atoms with Gasteiger partial charge in [0.2, 0.25) is 0 Å². The van der Waals surface area contributed by atoms with Crippen molar-refractivity contribution in [1.82, 2.24) is 4.90 Å². The second-order valence-corrected chi connectivity index (χ2v) is 5.68. The normalized spacial score (nSPS) is 19.6. The van der Waals surface area contributed by atoms with Gasteiger partial charge in [-0.3, -0.25) is 9.59 Å². The molecule has 1 aromatic rings. The standard InChI is InChI=1S/C13H14INO3/c14-11-5-1-3-9(7-11)12(16)15-6-2-4-10(8-15)13(17)18/h1,3,5,7,10H,2,4,6,8H2,(H,17,18). The third kappa shape index (κ3) is 3.01. The number of benzene rings is 1. The van der Waals surface area contributed by atoms with E-state index in [1.54, 1.807) is 11.0 Å². The van der Waals surface area contributed by atoms with Crippen molar-refractivity contribution in [3.8, 4) is 0 Å². The van der Waals surface area contributed by atoms with Crippen LogP contribution in [0.5, 0.6) is 0 Å². The number of halogens is 1. The van der Waals surface area contributed by atoms with Gasteiger partial charge in [0.15, 0.2) is 0 Å². The molecule has 4 nitrogen and oxygen atoms in total. The van der Waals surface area contributed by atoms with Gasteiger partial charge >= 0.3 is 5.97 Å². The molecular weight excluding hydrogens is 345 g/mol. The van der Waals surface area contributed by atoms with Crippen LogP contribution in [0.1, 0.15) is 23.2 Å². The van der Waals surface area contributed by atoms with Gasteiger partial charge in [-0.1, -0.05) is 6.07 Å². The zero-order valence-electron chi connectivity index (χ0n) is 9.80. The Morgan fingerprint density at radius 1 is 1.39 bits per heavy atom. The number of carboxylic acids is 1. The molecule has 0 radical (unpaired) electrons. The van der Waals surface area contributed by atoms with Crippen molar-refractivity contribution < 1.29 is 14.7 Å². The van der Waals surface area contributed by atoms with E-state index >= 15 is 0 Å². The topological polar surface area (TPSA) is 57.6 Å². The predicted octanol–water partition coefficient (Wildman–Crippen LogP) is 2.23. The summed E-state index contributed by atoms with van der Waals surface area (Å²) >= 11 is 2.16. The molecule has 5 heteroatoms. The molecule has 96 valence electrons. The Bertz CT molecular complexity index is 475. The first-order valence-corrected chi connectivity index (χ1v) is 6.93. The molecule has 1 aliphatic heterocycles. The molecular formula is C13H14INO3. The van der Waals surface area contributed by atoms with Crippen molar-refractivity contribution in [2.45, 2.75) is 12.8 Å². The molecule has 1 N–H and O–H groups in total. The average molecular weight is 359 g/mol. The molecule has 2 rings (SSSR count). The minimum Gasteiger partial charge on any atom is -0.481 e. The summed E-state index contributed by atoms with van der Waals surface area (Å²) in [5.41, 5.74) is 0.632. The Labute approximate surface area is 119 Å². The fraction of sp³-hybridized carbons (Fsp3) is 0.385. The Morgan fingerprint density at radius 2 is 2.17 bits per heavy atom. The lowest BCUT2D eigenvalue weighted by Gasteiger charge is -2.30. The molecule has 18 heavy (non-hydrogen) atoms. The predicted molar refractivity (Wildman–Crippen MR) is 75.4 cm³/mol. The number of amides is 1. The van der Waals surface area contributed by atoms with Crippen LogP contribution in [-0.2, 0) is 4.79 Å². The van der Waals surface area contributed by atoms with Crippen LogP contribution in [0.25, 0.3) is 0 Å². The van der Waals surface area contributed by atoms with Crippen LogP contribution in [0.4, 0.5) is 0 Å². The maximum atomic E-state index is 12.2. The third-order valence-corrected chi connectivity index (χ3v) is 3.80. The Kier molecular flexibility index (Phi) is 4.21. The molecule has 0 spiro atoms. The van der Waals surface area contributed by atoms with E-state index in [-0.39, 0.29) is 5.91 Å². The molecule has 1 atom stereocenters. The van der Waals surface area contributed by atoms with Crippen molar-refractivity contribution >= 4 is 34.5 Å². The number of carbonyl (C=O) groups excluding carboxylic acids is 1. The number of hydrogen-bond acceptors (Lipinski definition) is 2. The maximum Gasteiger partial charge on any atom is 0.308 e. The van der Waals surface area contributed by atoms with E-state index in [1.807, 2.05) is 18.2 Å². The van der Waals surface area contributed by atoms with Crippen LogP contribution in [0.2, 0.25) is 0 Å².